The van der Waals surface area contributed by atoms with Gasteiger partial charge in [0.05, 0.1) is 18.2 Å². The Labute approximate surface area is 122 Å². The fraction of sp³-hybridized carbons (Fsp3) is 0.100. The van der Waals surface area contributed by atoms with Gasteiger partial charge in [-0.1, -0.05) is 0 Å². The maximum atomic E-state index is 11.5. The van der Waals surface area contributed by atoms with Crippen LogP contribution in [0, 0.1) is 0 Å². The van der Waals surface area contributed by atoms with Crippen molar-refractivity contribution in [2.75, 3.05) is 0 Å². The van der Waals surface area contributed by atoms with Crippen LogP contribution in [0.5, 0.6) is 0 Å². The Morgan fingerprint density at radius 2 is 2.21 bits per heavy atom. The molecule has 0 aliphatic carbocycles. The first-order valence-corrected chi connectivity index (χ1v) is 5.68. The van der Waals surface area contributed by atoms with Crippen molar-refractivity contribution >= 4 is 40.2 Å². The predicted octanol–water partition coefficient (Wildman–Crippen LogP) is 1.17. The first kappa shape index (κ1) is 15.3. The van der Waals surface area contributed by atoms with Gasteiger partial charge in [0.25, 0.3) is 0 Å². The lowest BCUT2D eigenvalue weighted by Gasteiger charge is -2.15. The summed E-state index contributed by atoms with van der Waals surface area (Å²) >= 11 is 3.17. The highest BCUT2D eigenvalue weighted by Gasteiger charge is 2.26. The summed E-state index contributed by atoms with van der Waals surface area (Å²) in [5.74, 6) is -1.82. The predicted molar refractivity (Wildman–Crippen MR) is 72.3 cm³/mol. The molecule has 2 aromatic rings. The van der Waals surface area contributed by atoms with Crippen molar-refractivity contribution < 1.29 is 14.7 Å². The minimum Gasteiger partial charge on any atom is -0.477 e. The fourth-order valence-corrected chi connectivity index (χ4v) is 2.12. The van der Waals surface area contributed by atoms with Crippen molar-refractivity contribution in [1.29, 1.82) is 0 Å². The molecule has 2 aromatic heterocycles. The van der Waals surface area contributed by atoms with Gasteiger partial charge in [-0.3, -0.25) is 4.79 Å². The van der Waals surface area contributed by atoms with Crippen molar-refractivity contribution in [2.45, 2.75) is 6.04 Å². The lowest BCUT2D eigenvalue weighted by Crippen LogP contribution is -2.29. The van der Waals surface area contributed by atoms with Gasteiger partial charge in [0.1, 0.15) is 5.69 Å². The van der Waals surface area contributed by atoms with Crippen molar-refractivity contribution in [3.05, 3.63) is 40.6 Å². The minimum atomic E-state index is -1.15. The third kappa shape index (κ3) is 2.96. The summed E-state index contributed by atoms with van der Waals surface area (Å²) in [4.78, 5) is 29.2. The third-order valence-corrected chi connectivity index (χ3v) is 2.83. The smallest absolute Gasteiger partial charge is 0.352 e. The van der Waals surface area contributed by atoms with Crippen LogP contribution in [-0.2, 0) is 4.79 Å². The number of nitrogens with zero attached hydrogens (tertiary/aromatic N) is 2. The van der Waals surface area contributed by atoms with Crippen molar-refractivity contribution in [3.63, 3.8) is 0 Å². The van der Waals surface area contributed by atoms with Gasteiger partial charge in [-0.15, -0.1) is 12.4 Å². The fourth-order valence-electron chi connectivity index (χ4n) is 1.69. The summed E-state index contributed by atoms with van der Waals surface area (Å²) in [5, 5.41) is 9.09. The van der Waals surface area contributed by atoms with Crippen LogP contribution in [0.2, 0.25) is 0 Å². The standard InChI is InChI=1S/C10H9BrN4O3.ClH/c11-5-1-7(10(17)18)15(3-5)8(9(12)16)6-2-13-4-14-6;/h1-4,8H,(H2,12,16)(H,13,14)(H,17,18);1H. The van der Waals surface area contributed by atoms with Crippen LogP contribution in [-0.4, -0.2) is 31.5 Å². The largest absolute Gasteiger partial charge is 0.477 e. The maximum Gasteiger partial charge on any atom is 0.352 e. The van der Waals surface area contributed by atoms with Crippen LogP contribution in [0.25, 0.3) is 0 Å². The molecule has 0 aliphatic heterocycles. The Morgan fingerprint density at radius 3 is 2.68 bits per heavy atom. The van der Waals surface area contributed by atoms with Gasteiger partial charge in [-0.2, -0.15) is 0 Å². The summed E-state index contributed by atoms with van der Waals surface area (Å²) in [6.45, 7) is 0. The lowest BCUT2D eigenvalue weighted by atomic mass is 10.2. The lowest BCUT2D eigenvalue weighted by molar-refractivity contribution is -0.120. The van der Waals surface area contributed by atoms with Gasteiger partial charge < -0.3 is 20.4 Å². The molecular weight excluding hydrogens is 339 g/mol. The summed E-state index contributed by atoms with van der Waals surface area (Å²) in [5.41, 5.74) is 5.71. The van der Waals surface area contributed by atoms with Crippen molar-refractivity contribution in [1.82, 2.24) is 14.5 Å². The molecule has 0 bridgehead atoms. The summed E-state index contributed by atoms with van der Waals surface area (Å²) in [6, 6.07) is 0.458. The van der Waals surface area contributed by atoms with Gasteiger partial charge in [-0.05, 0) is 22.0 Å². The molecular formula is C10H10BrClN4O3. The molecule has 4 N–H and O–H groups in total. The van der Waals surface area contributed by atoms with Crippen molar-refractivity contribution in [2.24, 2.45) is 5.73 Å². The minimum absolute atomic E-state index is 0. The number of nitrogens with two attached hydrogens (primary N) is 1. The number of rotatable bonds is 4. The number of amides is 1. The number of aromatic amines is 1. The number of aromatic nitrogens is 3. The highest BCUT2D eigenvalue weighted by atomic mass is 79.9. The second kappa shape index (κ2) is 5.89. The average molecular weight is 350 g/mol. The molecule has 2 rings (SSSR count). The van der Waals surface area contributed by atoms with E-state index >= 15 is 0 Å². The number of carbonyl (C=O) groups is 2. The number of primary amides is 1. The Bertz CT molecular complexity index is 596. The zero-order valence-corrected chi connectivity index (χ0v) is 11.8. The van der Waals surface area contributed by atoms with Crippen LogP contribution in [0.4, 0.5) is 0 Å². The molecule has 1 atom stereocenters. The number of imidazole rings is 1. The van der Waals surface area contributed by atoms with Crippen LogP contribution in [0.3, 0.4) is 0 Å². The number of carboxylic acid groups (broad SMARTS) is 1. The molecule has 1 amide bonds. The van der Waals surface area contributed by atoms with E-state index in [1.807, 2.05) is 0 Å². The second-order valence-electron chi connectivity index (χ2n) is 3.57. The van der Waals surface area contributed by atoms with Gasteiger partial charge in [0.2, 0.25) is 5.91 Å². The van der Waals surface area contributed by atoms with E-state index < -0.39 is 17.9 Å². The first-order valence-electron chi connectivity index (χ1n) is 4.89. The molecule has 0 saturated carbocycles. The molecule has 7 nitrogen and oxygen atoms in total. The molecule has 0 radical (unpaired) electrons. The number of carboxylic acids is 1. The van der Waals surface area contributed by atoms with Crippen LogP contribution in [0.1, 0.15) is 22.2 Å². The average Bonchev–Trinajstić information content (AvgIpc) is 2.88. The second-order valence-corrected chi connectivity index (χ2v) is 4.48. The number of H-pyrrole nitrogens is 1. The van der Waals surface area contributed by atoms with Gasteiger partial charge in [0.15, 0.2) is 6.04 Å². The molecule has 2 heterocycles. The molecule has 0 aliphatic rings. The zero-order chi connectivity index (χ0) is 13.3. The van der Waals surface area contributed by atoms with E-state index in [0.717, 1.165) is 0 Å². The quantitative estimate of drug-likeness (QED) is 0.768. The van der Waals surface area contributed by atoms with E-state index in [4.69, 9.17) is 10.8 Å². The molecule has 1 unspecified atom stereocenters. The van der Waals surface area contributed by atoms with Crippen LogP contribution < -0.4 is 5.73 Å². The van der Waals surface area contributed by atoms with Gasteiger partial charge >= 0.3 is 5.97 Å². The number of hydrogen-bond donors (Lipinski definition) is 3. The van der Waals surface area contributed by atoms with Crippen LogP contribution in [0.15, 0.2) is 29.3 Å². The molecule has 0 spiro atoms. The maximum absolute atomic E-state index is 11.5. The monoisotopic (exact) mass is 348 g/mol. The van der Waals surface area contributed by atoms with E-state index in [-0.39, 0.29) is 18.1 Å². The van der Waals surface area contributed by atoms with E-state index in [0.29, 0.717) is 10.2 Å². The Balaban J connectivity index is 0.00000180. The summed E-state index contributed by atoms with van der Waals surface area (Å²) < 4.78 is 1.83. The Hall–Kier alpha value is -1.80. The summed E-state index contributed by atoms with van der Waals surface area (Å²) in [6.07, 6.45) is 4.30. The van der Waals surface area contributed by atoms with Gasteiger partial charge in [0, 0.05) is 10.7 Å². The van der Waals surface area contributed by atoms with E-state index in [9.17, 15) is 9.59 Å². The van der Waals surface area contributed by atoms with Gasteiger partial charge in [-0.25, -0.2) is 9.78 Å². The number of hydrogen-bond acceptors (Lipinski definition) is 3. The highest BCUT2D eigenvalue weighted by Crippen LogP contribution is 2.23. The highest BCUT2D eigenvalue weighted by molar-refractivity contribution is 9.10. The number of carbonyl (C=O) groups excluding carboxylic acids is 1. The molecule has 102 valence electrons. The molecule has 0 aromatic carbocycles. The van der Waals surface area contributed by atoms with E-state index in [2.05, 4.69) is 25.9 Å². The van der Waals surface area contributed by atoms with E-state index in [1.165, 1.54) is 29.4 Å². The SMILES string of the molecule is Cl.NC(=O)C(c1cnc[nH]1)n1cc(Br)cc1C(=O)O. The number of halogens is 2. The third-order valence-electron chi connectivity index (χ3n) is 2.40. The van der Waals surface area contributed by atoms with Crippen LogP contribution >= 0.6 is 28.3 Å². The zero-order valence-electron chi connectivity index (χ0n) is 9.41. The number of nitrogens with one attached hydrogen (secondary N) is 1. The molecule has 19 heavy (non-hydrogen) atoms. The Morgan fingerprint density at radius 1 is 1.53 bits per heavy atom. The van der Waals surface area contributed by atoms with Crippen molar-refractivity contribution in [3.8, 4) is 0 Å². The number of aromatic carboxylic acids is 1. The van der Waals surface area contributed by atoms with E-state index in [1.54, 1.807) is 0 Å². The first-order chi connectivity index (χ1) is 8.50. The topological polar surface area (TPSA) is 114 Å². The Kier molecular flexibility index (Phi) is 4.73. The molecule has 9 heteroatoms. The normalized spacial score (nSPS) is 11.6. The summed E-state index contributed by atoms with van der Waals surface area (Å²) in [7, 11) is 0. The molecule has 0 saturated heterocycles. The molecule has 0 fully saturated rings.